The first-order valence-corrected chi connectivity index (χ1v) is 10.3. The Labute approximate surface area is 179 Å². The molecule has 0 spiro atoms. The molecule has 0 unspecified atom stereocenters. The molecule has 146 valence electrons. The zero-order chi connectivity index (χ0) is 20.8. The number of para-hydroxylation sites is 2. The van der Waals surface area contributed by atoms with Crippen molar-refractivity contribution in [3.8, 4) is 16.9 Å². The minimum absolute atomic E-state index is 0.472. The van der Waals surface area contributed by atoms with E-state index in [1.807, 2.05) is 54.6 Å². The van der Waals surface area contributed by atoms with Crippen LogP contribution in [0, 0.1) is 4.91 Å². The summed E-state index contributed by atoms with van der Waals surface area (Å²) in [6.45, 7) is 0. The predicted octanol–water partition coefficient (Wildman–Crippen LogP) is 8.00. The normalized spacial score (nSPS) is 11.4. The fraction of sp³-hybridized carbons (Fsp3) is 0. The molecule has 0 N–H and O–H groups in total. The third kappa shape index (κ3) is 2.60. The van der Waals surface area contributed by atoms with E-state index in [-0.39, 0.29) is 0 Å². The van der Waals surface area contributed by atoms with Crippen LogP contribution >= 0.6 is 0 Å². The molecule has 6 aromatic rings. The second-order valence-electron chi connectivity index (χ2n) is 7.67. The Morgan fingerprint density at radius 2 is 1.19 bits per heavy atom. The Balaban J connectivity index is 1.85. The van der Waals surface area contributed by atoms with Gasteiger partial charge in [-0.2, -0.15) is 0 Å². The molecule has 0 saturated carbocycles. The molecular weight excluding hydrogens is 380 g/mol. The van der Waals surface area contributed by atoms with Crippen molar-refractivity contribution < 1.29 is 0 Å². The summed E-state index contributed by atoms with van der Waals surface area (Å²) >= 11 is 0. The van der Waals surface area contributed by atoms with Crippen LogP contribution in [0.4, 0.5) is 5.69 Å². The molecule has 6 rings (SSSR count). The van der Waals surface area contributed by atoms with Gasteiger partial charge in [-0.25, -0.2) is 0 Å². The fourth-order valence-electron chi connectivity index (χ4n) is 4.66. The van der Waals surface area contributed by atoms with E-state index >= 15 is 0 Å². The lowest BCUT2D eigenvalue weighted by atomic mass is 9.95. The first kappa shape index (κ1) is 17.6. The molecule has 0 aliphatic carbocycles. The quantitative estimate of drug-likeness (QED) is 0.220. The van der Waals surface area contributed by atoms with Crippen LogP contribution in [-0.4, -0.2) is 4.57 Å². The van der Waals surface area contributed by atoms with Crippen molar-refractivity contribution in [2.45, 2.75) is 0 Å². The number of fused-ring (bicyclic) bond motifs is 4. The molecule has 3 heteroatoms. The van der Waals surface area contributed by atoms with E-state index < -0.39 is 0 Å². The standard InChI is InChI=1S/C28H18N2O/c31-29-27-24-16-8-9-17-26(24)30(20-11-2-1-3-12-20)28(27)25-18-19-10-4-5-13-21(19)22-14-6-7-15-23(22)25/h1-18H. The molecule has 0 saturated heterocycles. The minimum Gasteiger partial charge on any atom is -0.307 e. The van der Waals surface area contributed by atoms with Crippen LogP contribution < -0.4 is 0 Å². The van der Waals surface area contributed by atoms with Gasteiger partial charge in [0, 0.05) is 16.6 Å². The second-order valence-corrected chi connectivity index (χ2v) is 7.67. The lowest BCUT2D eigenvalue weighted by Crippen LogP contribution is -1.97. The third-order valence-electron chi connectivity index (χ3n) is 5.98. The van der Waals surface area contributed by atoms with Gasteiger partial charge in [0.2, 0.25) is 0 Å². The van der Waals surface area contributed by atoms with Gasteiger partial charge in [0.05, 0.1) is 11.2 Å². The van der Waals surface area contributed by atoms with Gasteiger partial charge in [-0.3, -0.25) is 0 Å². The van der Waals surface area contributed by atoms with Crippen molar-refractivity contribution in [2.24, 2.45) is 5.18 Å². The maximum absolute atomic E-state index is 12.2. The Kier molecular flexibility index (Phi) is 3.93. The van der Waals surface area contributed by atoms with E-state index in [4.69, 9.17) is 0 Å². The summed E-state index contributed by atoms with van der Waals surface area (Å²) in [6.07, 6.45) is 0. The first-order valence-electron chi connectivity index (χ1n) is 10.3. The van der Waals surface area contributed by atoms with E-state index in [0.717, 1.165) is 44.0 Å². The van der Waals surface area contributed by atoms with Crippen LogP contribution in [0.1, 0.15) is 0 Å². The van der Waals surface area contributed by atoms with E-state index in [0.29, 0.717) is 5.69 Å². The number of hydrogen-bond acceptors (Lipinski definition) is 2. The monoisotopic (exact) mass is 398 g/mol. The van der Waals surface area contributed by atoms with Gasteiger partial charge in [-0.1, -0.05) is 84.9 Å². The number of nitroso groups, excluding NO2 is 1. The highest BCUT2D eigenvalue weighted by molar-refractivity contribution is 6.16. The van der Waals surface area contributed by atoms with Gasteiger partial charge < -0.3 is 4.57 Å². The summed E-state index contributed by atoms with van der Waals surface area (Å²) in [4.78, 5) is 12.2. The minimum atomic E-state index is 0.472. The molecule has 3 nitrogen and oxygen atoms in total. The van der Waals surface area contributed by atoms with Gasteiger partial charge in [0.25, 0.3) is 0 Å². The maximum Gasteiger partial charge on any atom is 0.141 e. The summed E-state index contributed by atoms with van der Waals surface area (Å²) in [6, 6.07) is 37.1. The molecule has 0 fully saturated rings. The molecule has 0 atom stereocenters. The molecule has 0 radical (unpaired) electrons. The Morgan fingerprint density at radius 3 is 1.97 bits per heavy atom. The van der Waals surface area contributed by atoms with E-state index in [1.54, 1.807) is 0 Å². The van der Waals surface area contributed by atoms with E-state index in [9.17, 15) is 4.91 Å². The molecule has 0 aliphatic rings. The number of hydrogen-bond donors (Lipinski definition) is 0. The SMILES string of the molecule is O=Nc1c(-c2cc3ccccc3c3ccccc23)n(-c2ccccc2)c2ccccc12. The average molecular weight is 398 g/mol. The van der Waals surface area contributed by atoms with Gasteiger partial charge in [-0.15, -0.1) is 4.91 Å². The Morgan fingerprint density at radius 1 is 0.581 bits per heavy atom. The largest absolute Gasteiger partial charge is 0.307 e. The molecule has 0 bridgehead atoms. The van der Waals surface area contributed by atoms with Crippen LogP contribution in [0.2, 0.25) is 0 Å². The van der Waals surface area contributed by atoms with Gasteiger partial charge in [-0.05, 0) is 51.0 Å². The molecule has 1 heterocycles. The Bertz CT molecular complexity index is 1600. The molecule has 0 aliphatic heterocycles. The van der Waals surface area contributed by atoms with Gasteiger partial charge >= 0.3 is 0 Å². The summed E-state index contributed by atoms with van der Waals surface area (Å²) in [5.74, 6) is 0. The lowest BCUT2D eigenvalue weighted by molar-refractivity contribution is 1.13. The maximum atomic E-state index is 12.2. The van der Waals surface area contributed by atoms with Gasteiger partial charge in [0.1, 0.15) is 5.69 Å². The number of rotatable bonds is 3. The van der Waals surface area contributed by atoms with Crippen LogP contribution in [-0.2, 0) is 0 Å². The fourth-order valence-corrected chi connectivity index (χ4v) is 4.66. The van der Waals surface area contributed by atoms with Crippen molar-refractivity contribution in [3.05, 3.63) is 114 Å². The zero-order valence-corrected chi connectivity index (χ0v) is 16.7. The lowest BCUT2D eigenvalue weighted by Gasteiger charge is -2.15. The first-order chi connectivity index (χ1) is 15.4. The smallest absolute Gasteiger partial charge is 0.141 e. The van der Waals surface area contributed by atoms with Crippen molar-refractivity contribution in [1.82, 2.24) is 4.57 Å². The number of benzene rings is 5. The van der Waals surface area contributed by atoms with Crippen molar-refractivity contribution in [2.75, 3.05) is 0 Å². The van der Waals surface area contributed by atoms with Crippen LogP contribution in [0.5, 0.6) is 0 Å². The van der Waals surface area contributed by atoms with E-state index in [2.05, 4.69) is 64.3 Å². The summed E-state index contributed by atoms with van der Waals surface area (Å²) in [5, 5.41) is 9.00. The molecular formula is C28H18N2O. The zero-order valence-electron chi connectivity index (χ0n) is 16.7. The molecule has 5 aromatic carbocycles. The summed E-state index contributed by atoms with van der Waals surface area (Å²) in [7, 11) is 0. The highest BCUT2D eigenvalue weighted by Gasteiger charge is 2.22. The van der Waals surface area contributed by atoms with E-state index in [1.165, 1.54) is 5.39 Å². The van der Waals surface area contributed by atoms with Crippen LogP contribution in [0.3, 0.4) is 0 Å². The average Bonchev–Trinajstić information content (AvgIpc) is 3.18. The molecule has 31 heavy (non-hydrogen) atoms. The summed E-state index contributed by atoms with van der Waals surface area (Å²) < 4.78 is 2.16. The number of aromatic nitrogens is 1. The van der Waals surface area contributed by atoms with Crippen molar-refractivity contribution in [3.63, 3.8) is 0 Å². The van der Waals surface area contributed by atoms with Gasteiger partial charge in [0.15, 0.2) is 0 Å². The number of nitrogens with zero attached hydrogens (tertiary/aromatic N) is 2. The molecule has 1 aromatic heterocycles. The van der Waals surface area contributed by atoms with Crippen molar-refractivity contribution >= 4 is 38.1 Å². The second kappa shape index (κ2) is 6.92. The Hall–Kier alpha value is -4.24. The van der Waals surface area contributed by atoms with Crippen LogP contribution in [0.15, 0.2) is 114 Å². The molecule has 0 amide bonds. The van der Waals surface area contributed by atoms with Crippen molar-refractivity contribution in [1.29, 1.82) is 0 Å². The topological polar surface area (TPSA) is 34.4 Å². The highest BCUT2D eigenvalue weighted by Crippen LogP contribution is 2.45. The summed E-state index contributed by atoms with van der Waals surface area (Å²) in [5.41, 5.74) is 4.27. The third-order valence-corrected chi connectivity index (χ3v) is 5.98. The van der Waals surface area contributed by atoms with Crippen LogP contribution in [0.25, 0.3) is 49.4 Å². The highest BCUT2D eigenvalue weighted by atomic mass is 16.3. The predicted molar refractivity (Wildman–Crippen MR) is 129 cm³/mol.